The van der Waals surface area contributed by atoms with Gasteiger partial charge in [0.05, 0.1) is 6.61 Å². The highest BCUT2D eigenvalue weighted by molar-refractivity contribution is 5.92. The molecule has 3 atom stereocenters. The first-order valence-electron chi connectivity index (χ1n) is 8.58. The number of ketones is 1. The minimum Gasteiger partial charge on any atom is -0.451 e. The lowest BCUT2D eigenvalue weighted by molar-refractivity contribution is -0.175. The number of hydrogen-bond donors (Lipinski definition) is 0. The van der Waals surface area contributed by atoms with Crippen LogP contribution in [-0.2, 0) is 47.6 Å². The zero-order chi connectivity index (χ0) is 21.6. The zero-order valence-electron chi connectivity index (χ0n) is 17.0. The molecule has 0 radical (unpaired) electrons. The normalized spacial score (nSPS) is 23.9. The predicted octanol–water partition coefficient (Wildman–Crippen LogP) is 1.36. The summed E-state index contributed by atoms with van der Waals surface area (Å²) >= 11 is 0. The molecule has 2 aliphatic heterocycles. The van der Waals surface area contributed by atoms with Gasteiger partial charge in [0.2, 0.25) is 6.29 Å². The Morgan fingerprint density at radius 1 is 1.11 bits per heavy atom. The summed E-state index contributed by atoms with van der Waals surface area (Å²) in [7, 11) is 0. The Bertz CT molecular complexity index is 659. The van der Waals surface area contributed by atoms with E-state index in [2.05, 4.69) is 0 Å². The summed E-state index contributed by atoms with van der Waals surface area (Å²) in [6.45, 7) is 10.4. The Morgan fingerprint density at radius 3 is 2.11 bits per heavy atom. The number of cyclic esters (lactones) is 1. The zero-order valence-corrected chi connectivity index (χ0v) is 17.0. The van der Waals surface area contributed by atoms with Gasteiger partial charge in [-0.05, 0) is 27.7 Å². The van der Waals surface area contributed by atoms with E-state index < -0.39 is 42.2 Å². The lowest BCUT2D eigenvalue weighted by Crippen LogP contribution is -2.34. The first kappa shape index (κ1) is 23.6. The summed E-state index contributed by atoms with van der Waals surface area (Å²) in [5.41, 5.74) is 0. The molecular weight excluding hydrogens is 376 g/mol. The van der Waals surface area contributed by atoms with Crippen molar-refractivity contribution >= 4 is 23.7 Å². The van der Waals surface area contributed by atoms with Crippen LogP contribution >= 0.6 is 0 Å². The van der Waals surface area contributed by atoms with E-state index in [1.54, 1.807) is 13.8 Å². The third kappa shape index (κ3) is 7.28. The van der Waals surface area contributed by atoms with Gasteiger partial charge >= 0.3 is 17.9 Å². The topological polar surface area (TPSA) is 124 Å². The number of hydrogen-bond acceptors (Lipinski definition) is 10. The molecule has 0 N–H and O–H groups in total. The van der Waals surface area contributed by atoms with Gasteiger partial charge in [-0.2, -0.15) is 0 Å². The van der Waals surface area contributed by atoms with Crippen LogP contribution in [0.15, 0.2) is 11.5 Å². The Hall–Kier alpha value is -2.46. The van der Waals surface area contributed by atoms with Crippen molar-refractivity contribution in [2.24, 2.45) is 0 Å². The van der Waals surface area contributed by atoms with Crippen molar-refractivity contribution in [3.05, 3.63) is 11.5 Å². The molecule has 10 heteroatoms. The van der Waals surface area contributed by atoms with Gasteiger partial charge < -0.3 is 33.2 Å². The molecule has 1 fully saturated rings. The highest BCUT2D eigenvalue weighted by Crippen LogP contribution is 2.34. The van der Waals surface area contributed by atoms with Crippen LogP contribution < -0.4 is 0 Å². The van der Waals surface area contributed by atoms with Crippen molar-refractivity contribution in [2.75, 3.05) is 6.61 Å². The van der Waals surface area contributed by atoms with Crippen LogP contribution in [0.2, 0.25) is 0 Å². The minimum absolute atomic E-state index is 0.0738. The molecular formula is C18H26O10. The molecule has 3 unspecified atom stereocenters. The minimum atomic E-state index is -1.02. The summed E-state index contributed by atoms with van der Waals surface area (Å²) < 4.78 is 31.6. The monoisotopic (exact) mass is 402 g/mol. The smallest absolute Gasteiger partial charge is 0.378 e. The number of carbonyl (C=O) groups excluding carboxylic acids is 4. The van der Waals surface area contributed by atoms with Crippen LogP contribution in [0, 0.1) is 0 Å². The molecule has 0 amide bonds. The second-order valence-corrected chi connectivity index (χ2v) is 6.68. The average Bonchev–Trinajstić information content (AvgIpc) is 2.99. The first-order chi connectivity index (χ1) is 12.8. The van der Waals surface area contributed by atoms with E-state index in [0.717, 1.165) is 6.92 Å². The summed E-state index contributed by atoms with van der Waals surface area (Å²) in [4.78, 5) is 43.7. The lowest BCUT2D eigenvalue weighted by Gasteiger charge is -2.23. The SMILES string of the molecule is CC(=O)OC1=C(OC(C)OC(C)=O)C(C2COC(C)(C)O2)OC1=O.CC(C)=O. The van der Waals surface area contributed by atoms with E-state index in [1.807, 2.05) is 0 Å². The van der Waals surface area contributed by atoms with Crippen molar-refractivity contribution in [1.29, 1.82) is 0 Å². The maximum atomic E-state index is 12.0. The van der Waals surface area contributed by atoms with Crippen LogP contribution in [0.4, 0.5) is 0 Å². The van der Waals surface area contributed by atoms with Crippen LogP contribution in [-0.4, -0.2) is 54.6 Å². The van der Waals surface area contributed by atoms with Gasteiger partial charge in [-0.1, -0.05) is 0 Å². The summed E-state index contributed by atoms with van der Waals surface area (Å²) in [6, 6.07) is 0. The number of carbonyl (C=O) groups is 4. The fourth-order valence-corrected chi connectivity index (χ4v) is 2.35. The van der Waals surface area contributed by atoms with E-state index in [9.17, 15) is 19.2 Å². The molecule has 2 rings (SSSR count). The van der Waals surface area contributed by atoms with Crippen molar-refractivity contribution in [1.82, 2.24) is 0 Å². The number of esters is 3. The molecule has 10 nitrogen and oxygen atoms in total. The Balaban J connectivity index is 0.000000892. The van der Waals surface area contributed by atoms with Gasteiger partial charge in [0, 0.05) is 20.8 Å². The highest BCUT2D eigenvalue weighted by Gasteiger charge is 2.49. The Labute approximate surface area is 163 Å². The standard InChI is InChI=1S/C15H20O9.C3H6O/c1-7(16)20-9(3)22-12-11(10-6-19-15(4,5)24-10)23-14(18)13(12)21-8(2)17;1-3(2)4/h9-11H,6H2,1-5H3;1-2H3. The number of rotatable bonds is 5. The molecule has 0 saturated carbocycles. The average molecular weight is 402 g/mol. The third-order valence-electron chi connectivity index (χ3n) is 3.14. The van der Waals surface area contributed by atoms with E-state index in [0.29, 0.717) is 0 Å². The predicted molar refractivity (Wildman–Crippen MR) is 92.2 cm³/mol. The van der Waals surface area contributed by atoms with Gasteiger partial charge in [-0.25, -0.2) is 4.79 Å². The molecule has 2 aliphatic rings. The van der Waals surface area contributed by atoms with Crippen molar-refractivity contribution < 1.29 is 47.6 Å². The second kappa shape index (κ2) is 9.65. The van der Waals surface area contributed by atoms with Gasteiger partial charge in [0.25, 0.3) is 5.76 Å². The lowest BCUT2D eigenvalue weighted by atomic mass is 10.2. The fourth-order valence-electron chi connectivity index (χ4n) is 2.35. The Morgan fingerprint density at radius 2 is 1.68 bits per heavy atom. The van der Waals surface area contributed by atoms with Gasteiger partial charge in [-0.3, -0.25) is 9.59 Å². The fraction of sp³-hybridized carbons (Fsp3) is 0.667. The highest BCUT2D eigenvalue weighted by atomic mass is 16.8. The Kier molecular flexibility index (Phi) is 8.13. The summed E-state index contributed by atoms with van der Waals surface area (Å²) in [5, 5.41) is 0. The van der Waals surface area contributed by atoms with E-state index in [1.165, 1.54) is 27.7 Å². The van der Waals surface area contributed by atoms with Gasteiger partial charge in [-0.15, -0.1) is 0 Å². The van der Waals surface area contributed by atoms with E-state index >= 15 is 0 Å². The third-order valence-corrected chi connectivity index (χ3v) is 3.14. The molecule has 2 heterocycles. The summed E-state index contributed by atoms with van der Waals surface area (Å²) in [5.74, 6) is -3.30. The largest absolute Gasteiger partial charge is 0.451 e. The maximum absolute atomic E-state index is 12.0. The van der Waals surface area contributed by atoms with Crippen molar-refractivity contribution in [3.63, 3.8) is 0 Å². The maximum Gasteiger partial charge on any atom is 0.378 e. The van der Waals surface area contributed by atoms with E-state index in [4.69, 9.17) is 28.4 Å². The van der Waals surface area contributed by atoms with E-state index in [-0.39, 0.29) is 23.9 Å². The molecule has 28 heavy (non-hydrogen) atoms. The quantitative estimate of drug-likeness (QED) is 0.378. The molecule has 0 bridgehead atoms. The molecule has 0 aromatic carbocycles. The van der Waals surface area contributed by atoms with Crippen LogP contribution in [0.3, 0.4) is 0 Å². The van der Waals surface area contributed by atoms with Crippen LogP contribution in [0.1, 0.15) is 48.5 Å². The van der Waals surface area contributed by atoms with Gasteiger partial charge in [0.1, 0.15) is 11.9 Å². The number of Topliss-reactive ketones (excluding diaryl/α,β-unsaturated/α-hetero) is 1. The van der Waals surface area contributed by atoms with Crippen LogP contribution in [0.25, 0.3) is 0 Å². The molecule has 158 valence electrons. The molecule has 1 saturated heterocycles. The van der Waals surface area contributed by atoms with Crippen LogP contribution in [0.5, 0.6) is 0 Å². The first-order valence-corrected chi connectivity index (χ1v) is 8.58. The number of ether oxygens (including phenoxy) is 6. The van der Waals surface area contributed by atoms with Crippen molar-refractivity contribution in [2.45, 2.75) is 72.8 Å². The second-order valence-electron chi connectivity index (χ2n) is 6.68. The molecule has 0 aromatic heterocycles. The summed E-state index contributed by atoms with van der Waals surface area (Å²) in [6.07, 6.45) is -2.65. The molecule has 0 aliphatic carbocycles. The van der Waals surface area contributed by atoms with Crippen molar-refractivity contribution in [3.8, 4) is 0 Å². The molecule has 0 spiro atoms. The molecule has 0 aromatic rings. The van der Waals surface area contributed by atoms with Gasteiger partial charge in [0.15, 0.2) is 17.7 Å².